The van der Waals surface area contributed by atoms with Gasteiger partial charge in [-0.05, 0) is 38.7 Å². The van der Waals surface area contributed by atoms with Crippen molar-refractivity contribution in [2.24, 2.45) is 0 Å². The molecule has 0 aliphatic rings. The minimum Gasteiger partial charge on any atom is -0.403 e. The highest BCUT2D eigenvalue weighted by molar-refractivity contribution is 6.02. The molecular formula is C30H32F3N7O2. The number of fused-ring (bicyclic) bond motifs is 1. The van der Waals surface area contributed by atoms with Crippen LogP contribution in [0.2, 0.25) is 0 Å². The van der Waals surface area contributed by atoms with Gasteiger partial charge in [-0.3, -0.25) is 4.79 Å². The fourth-order valence-electron chi connectivity index (χ4n) is 4.25. The van der Waals surface area contributed by atoms with Crippen LogP contribution >= 0.6 is 0 Å². The Labute approximate surface area is 241 Å². The number of nitrogens with zero attached hydrogens (tertiary/aromatic N) is 4. The van der Waals surface area contributed by atoms with Gasteiger partial charge in [0, 0.05) is 61.1 Å². The standard InChI is InChI=1S/C30H32F3N7O2/c1-6-7-12-27(41)36-23-15-24(26(42-30(31,32)33)16-25(23)40(5)14-13-39(3)4)37-29-35-17-19(2)28(38-29)21-18-34-22-11-9-8-10-20(21)22/h6-12,15-18,34H,1,13-14H2,2-5H3,(H,36,41)(H,35,37,38)/b12-7+. The number of aromatic amines is 1. The number of para-hydroxylation sites is 1. The van der Waals surface area contributed by atoms with E-state index in [-0.39, 0.29) is 17.3 Å². The van der Waals surface area contributed by atoms with Crippen LogP contribution < -0.4 is 20.3 Å². The average Bonchev–Trinajstić information content (AvgIpc) is 3.36. The maximum Gasteiger partial charge on any atom is 0.573 e. The van der Waals surface area contributed by atoms with Gasteiger partial charge in [0.15, 0.2) is 5.75 Å². The maximum absolute atomic E-state index is 13.6. The number of nitrogens with one attached hydrogen (secondary N) is 3. The second-order valence-electron chi connectivity index (χ2n) is 9.82. The van der Waals surface area contributed by atoms with Crippen LogP contribution in [0.3, 0.4) is 0 Å². The van der Waals surface area contributed by atoms with Gasteiger partial charge in [-0.25, -0.2) is 9.97 Å². The van der Waals surface area contributed by atoms with Crippen LogP contribution in [0.5, 0.6) is 5.75 Å². The lowest BCUT2D eigenvalue weighted by Crippen LogP contribution is -2.29. The van der Waals surface area contributed by atoms with Crippen LogP contribution in [0, 0.1) is 6.92 Å². The third kappa shape index (κ3) is 7.46. The summed E-state index contributed by atoms with van der Waals surface area (Å²) in [7, 11) is 5.48. The van der Waals surface area contributed by atoms with Crippen molar-refractivity contribution in [2.45, 2.75) is 13.3 Å². The molecule has 42 heavy (non-hydrogen) atoms. The number of alkyl halides is 3. The molecule has 4 rings (SSSR count). The molecule has 2 heterocycles. The highest BCUT2D eigenvalue weighted by Gasteiger charge is 2.33. The van der Waals surface area contributed by atoms with E-state index in [0.717, 1.165) is 22.0 Å². The van der Waals surface area contributed by atoms with Gasteiger partial charge in [-0.2, -0.15) is 0 Å². The van der Waals surface area contributed by atoms with Crippen LogP contribution in [0.1, 0.15) is 5.56 Å². The zero-order chi connectivity index (χ0) is 30.4. The van der Waals surface area contributed by atoms with Gasteiger partial charge in [-0.15, -0.1) is 13.2 Å². The van der Waals surface area contributed by atoms with E-state index in [9.17, 15) is 18.0 Å². The third-order valence-corrected chi connectivity index (χ3v) is 6.32. The van der Waals surface area contributed by atoms with E-state index in [4.69, 9.17) is 0 Å². The summed E-state index contributed by atoms with van der Waals surface area (Å²) in [6.07, 6.45) is 2.60. The number of amides is 1. The summed E-state index contributed by atoms with van der Waals surface area (Å²) in [6.45, 7) is 6.48. The zero-order valence-corrected chi connectivity index (χ0v) is 23.7. The molecule has 0 atom stereocenters. The van der Waals surface area contributed by atoms with E-state index in [1.165, 1.54) is 30.4 Å². The van der Waals surface area contributed by atoms with Crippen LogP contribution in [0.15, 0.2) is 73.6 Å². The molecule has 220 valence electrons. The first kappa shape index (κ1) is 30.1. The lowest BCUT2D eigenvalue weighted by Gasteiger charge is -2.26. The largest absolute Gasteiger partial charge is 0.573 e. The molecule has 0 fully saturated rings. The van der Waals surface area contributed by atoms with Crippen molar-refractivity contribution >= 4 is 39.8 Å². The van der Waals surface area contributed by atoms with E-state index < -0.39 is 18.0 Å². The molecule has 0 aliphatic carbocycles. The first-order valence-electron chi connectivity index (χ1n) is 13.0. The van der Waals surface area contributed by atoms with E-state index in [2.05, 4.69) is 36.9 Å². The SMILES string of the molecule is C=C/C=C/C(=O)Nc1cc(Nc2ncc(C)c(-c3c[nH]c4ccccc34)n2)c(OC(F)(F)F)cc1N(C)CCN(C)C. The number of hydrogen-bond acceptors (Lipinski definition) is 7. The van der Waals surface area contributed by atoms with E-state index in [1.807, 2.05) is 56.4 Å². The highest BCUT2D eigenvalue weighted by atomic mass is 19.4. The number of ether oxygens (including phenoxy) is 1. The van der Waals surface area contributed by atoms with Crippen molar-refractivity contribution in [3.8, 4) is 17.0 Å². The number of carbonyl (C=O) groups excluding carboxylic acids is 1. The van der Waals surface area contributed by atoms with E-state index in [1.54, 1.807) is 18.1 Å². The van der Waals surface area contributed by atoms with Crippen molar-refractivity contribution in [3.05, 3.63) is 79.2 Å². The predicted octanol–water partition coefficient (Wildman–Crippen LogP) is 6.25. The monoisotopic (exact) mass is 579 g/mol. The number of aromatic nitrogens is 3. The second-order valence-corrected chi connectivity index (χ2v) is 9.82. The Bertz CT molecular complexity index is 1610. The Hall–Kier alpha value is -4.84. The Balaban J connectivity index is 1.79. The molecule has 12 heteroatoms. The van der Waals surface area contributed by atoms with Crippen LogP contribution in [0.4, 0.5) is 36.2 Å². The number of anilines is 4. The van der Waals surface area contributed by atoms with Gasteiger partial charge in [0.1, 0.15) is 0 Å². The fourth-order valence-corrected chi connectivity index (χ4v) is 4.25. The molecule has 0 saturated carbocycles. The Kier molecular flexibility index (Phi) is 9.16. The number of carbonyl (C=O) groups is 1. The summed E-state index contributed by atoms with van der Waals surface area (Å²) in [4.78, 5) is 28.4. The van der Waals surface area contributed by atoms with Gasteiger partial charge < -0.3 is 30.2 Å². The number of allylic oxidation sites excluding steroid dienone is 2. The molecule has 2 aromatic heterocycles. The minimum absolute atomic E-state index is 0.0467. The Morgan fingerprint density at radius 1 is 1.14 bits per heavy atom. The van der Waals surface area contributed by atoms with Gasteiger partial charge in [0.2, 0.25) is 11.9 Å². The number of H-pyrrole nitrogens is 1. The Morgan fingerprint density at radius 2 is 1.90 bits per heavy atom. The molecule has 0 bridgehead atoms. The summed E-state index contributed by atoms with van der Waals surface area (Å²) in [6, 6.07) is 10.3. The van der Waals surface area contributed by atoms with Gasteiger partial charge >= 0.3 is 6.36 Å². The molecule has 0 saturated heterocycles. The lowest BCUT2D eigenvalue weighted by atomic mass is 10.1. The zero-order valence-electron chi connectivity index (χ0n) is 23.7. The van der Waals surface area contributed by atoms with Crippen LogP contribution in [-0.4, -0.2) is 66.4 Å². The second kappa shape index (κ2) is 12.8. The van der Waals surface area contributed by atoms with E-state index in [0.29, 0.717) is 24.5 Å². The van der Waals surface area contributed by atoms with Gasteiger partial charge in [-0.1, -0.05) is 36.9 Å². The topological polar surface area (TPSA) is 98.4 Å². The summed E-state index contributed by atoms with van der Waals surface area (Å²) in [5.74, 6) is -0.946. The predicted molar refractivity (Wildman–Crippen MR) is 160 cm³/mol. The van der Waals surface area contributed by atoms with E-state index >= 15 is 0 Å². The molecular weight excluding hydrogens is 547 g/mol. The number of rotatable bonds is 11. The molecule has 0 radical (unpaired) electrons. The van der Waals surface area contributed by atoms with Gasteiger partial charge in [0.25, 0.3) is 0 Å². The number of halogens is 3. The van der Waals surface area contributed by atoms with Crippen molar-refractivity contribution in [3.63, 3.8) is 0 Å². The summed E-state index contributed by atoms with van der Waals surface area (Å²) in [5.41, 5.74) is 3.61. The first-order chi connectivity index (χ1) is 19.9. The summed E-state index contributed by atoms with van der Waals surface area (Å²) < 4.78 is 45.1. The molecule has 2 aromatic carbocycles. The molecule has 4 aromatic rings. The minimum atomic E-state index is -4.98. The molecule has 1 amide bonds. The highest BCUT2D eigenvalue weighted by Crippen LogP contribution is 2.40. The van der Waals surface area contributed by atoms with Gasteiger partial charge in [0.05, 0.1) is 22.8 Å². The molecule has 0 unspecified atom stereocenters. The lowest BCUT2D eigenvalue weighted by molar-refractivity contribution is -0.274. The third-order valence-electron chi connectivity index (χ3n) is 6.32. The quantitative estimate of drug-likeness (QED) is 0.143. The van der Waals surface area contributed by atoms with Crippen molar-refractivity contribution in [1.82, 2.24) is 19.9 Å². The molecule has 0 spiro atoms. The molecule has 3 N–H and O–H groups in total. The van der Waals surface area contributed by atoms with Crippen LogP contribution in [0.25, 0.3) is 22.2 Å². The van der Waals surface area contributed by atoms with Crippen molar-refractivity contribution < 1.29 is 22.7 Å². The molecule has 0 aliphatic heterocycles. The average molecular weight is 580 g/mol. The summed E-state index contributed by atoms with van der Waals surface area (Å²) in [5, 5.41) is 6.56. The normalized spacial score (nSPS) is 11.7. The summed E-state index contributed by atoms with van der Waals surface area (Å²) >= 11 is 0. The number of benzene rings is 2. The molecule has 9 nitrogen and oxygen atoms in total. The van der Waals surface area contributed by atoms with Crippen LogP contribution in [-0.2, 0) is 4.79 Å². The fraction of sp³-hybridized carbons (Fsp3) is 0.233. The van der Waals surface area contributed by atoms with Crippen molar-refractivity contribution in [2.75, 3.05) is 49.8 Å². The smallest absolute Gasteiger partial charge is 0.403 e. The Morgan fingerprint density at radius 3 is 2.62 bits per heavy atom. The first-order valence-corrected chi connectivity index (χ1v) is 13.0. The van der Waals surface area contributed by atoms with Crippen molar-refractivity contribution in [1.29, 1.82) is 0 Å². The number of likely N-dealkylation sites (N-methyl/N-ethyl adjacent to an activating group) is 2. The number of hydrogen-bond donors (Lipinski definition) is 3. The number of aryl methyl sites for hydroxylation is 1. The maximum atomic E-state index is 13.6.